The topological polar surface area (TPSA) is 12.0 Å². The molecule has 2 rings (SSSR count). The van der Waals surface area contributed by atoms with Crippen molar-refractivity contribution in [1.29, 1.82) is 0 Å². The highest BCUT2D eigenvalue weighted by molar-refractivity contribution is 9.10. The van der Waals surface area contributed by atoms with Crippen molar-refractivity contribution in [3.05, 3.63) is 64.6 Å². The summed E-state index contributed by atoms with van der Waals surface area (Å²) in [5, 5.41) is 3.56. The van der Waals surface area contributed by atoms with Gasteiger partial charge < -0.3 is 5.32 Å². The lowest BCUT2D eigenvalue weighted by Crippen LogP contribution is -2.21. The zero-order chi connectivity index (χ0) is 13.5. The Bertz CT molecular complexity index is 501. The molecular weight excluding hydrogens is 318 g/mol. The van der Waals surface area contributed by atoms with Crippen LogP contribution in [0.4, 0.5) is 0 Å². The largest absolute Gasteiger partial charge is 0.309 e. The smallest absolute Gasteiger partial charge is 0.0303 e. The SMILES string of the molecule is C[C@@H](NCCSc1ccccc1)c1ccccc1Br. The van der Waals surface area contributed by atoms with E-state index in [1.165, 1.54) is 14.9 Å². The molecule has 0 unspecified atom stereocenters. The minimum atomic E-state index is 0.368. The second-order valence-corrected chi connectivity index (χ2v) is 6.38. The molecule has 3 heteroatoms. The van der Waals surface area contributed by atoms with Crippen molar-refractivity contribution in [3.63, 3.8) is 0 Å². The van der Waals surface area contributed by atoms with Gasteiger partial charge in [-0.3, -0.25) is 0 Å². The summed E-state index contributed by atoms with van der Waals surface area (Å²) in [6.07, 6.45) is 0. The minimum absolute atomic E-state index is 0.368. The Hall–Kier alpha value is -0.770. The van der Waals surface area contributed by atoms with E-state index in [4.69, 9.17) is 0 Å². The summed E-state index contributed by atoms with van der Waals surface area (Å²) in [6.45, 7) is 3.20. The predicted molar refractivity (Wildman–Crippen MR) is 87.7 cm³/mol. The van der Waals surface area contributed by atoms with Crippen molar-refractivity contribution in [3.8, 4) is 0 Å². The van der Waals surface area contributed by atoms with Crippen molar-refractivity contribution in [2.24, 2.45) is 0 Å². The maximum absolute atomic E-state index is 3.60. The van der Waals surface area contributed by atoms with Gasteiger partial charge in [0, 0.05) is 27.7 Å². The van der Waals surface area contributed by atoms with Crippen LogP contribution in [0.3, 0.4) is 0 Å². The Balaban J connectivity index is 1.76. The Morgan fingerprint density at radius 1 is 1.05 bits per heavy atom. The lowest BCUT2D eigenvalue weighted by molar-refractivity contribution is 0.599. The van der Waals surface area contributed by atoms with Gasteiger partial charge in [-0.2, -0.15) is 0 Å². The van der Waals surface area contributed by atoms with Gasteiger partial charge in [0.15, 0.2) is 0 Å². The summed E-state index contributed by atoms with van der Waals surface area (Å²) in [7, 11) is 0. The first-order valence-corrected chi connectivity index (χ1v) is 8.21. The van der Waals surface area contributed by atoms with E-state index in [0.717, 1.165) is 12.3 Å². The van der Waals surface area contributed by atoms with Gasteiger partial charge in [-0.05, 0) is 30.7 Å². The van der Waals surface area contributed by atoms with Gasteiger partial charge in [0.1, 0.15) is 0 Å². The molecule has 0 spiro atoms. The number of halogens is 1. The molecule has 0 saturated carbocycles. The van der Waals surface area contributed by atoms with Crippen LogP contribution in [0.5, 0.6) is 0 Å². The summed E-state index contributed by atoms with van der Waals surface area (Å²) >= 11 is 5.48. The number of nitrogens with one attached hydrogen (secondary N) is 1. The molecule has 0 amide bonds. The monoisotopic (exact) mass is 335 g/mol. The van der Waals surface area contributed by atoms with Crippen molar-refractivity contribution >= 4 is 27.7 Å². The van der Waals surface area contributed by atoms with E-state index >= 15 is 0 Å². The number of thioether (sulfide) groups is 1. The average Bonchev–Trinajstić information content (AvgIpc) is 2.45. The molecule has 1 atom stereocenters. The molecule has 0 radical (unpaired) electrons. The van der Waals surface area contributed by atoms with Crippen molar-refractivity contribution in [2.45, 2.75) is 17.9 Å². The molecule has 0 aromatic heterocycles. The Morgan fingerprint density at radius 2 is 1.74 bits per heavy atom. The molecule has 2 aromatic rings. The summed E-state index contributed by atoms with van der Waals surface area (Å²) in [5.41, 5.74) is 1.31. The summed E-state index contributed by atoms with van der Waals surface area (Å²) in [6, 6.07) is 19.3. The first-order valence-electron chi connectivity index (χ1n) is 6.43. The fourth-order valence-electron chi connectivity index (χ4n) is 1.90. The molecular formula is C16H18BrNS. The summed E-state index contributed by atoms with van der Waals surface area (Å²) < 4.78 is 1.17. The van der Waals surface area contributed by atoms with Gasteiger partial charge in [-0.15, -0.1) is 11.8 Å². The Morgan fingerprint density at radius 3 is 2.47 bits per heavy atom. The molecule has 1 nitrogen and oxygen atoms in total. The maximum atomic E-state index is 3.60. The maximum Gasteiger partial charge on any atom is 0.0303 e. The van der Waals surface area contributed by atoms with Crippen LogP contribution in [-0.4, -0.2) is 12.3 Å². The van der Waals surface area contributed by atoms with Crippen molar-refractivity contribution in [2.75, 3.05) is 12.3 Å². The Labute approximate surface area is 127 Å². The second-order valence-electron chi connectivity index (χ2n) is 4.36. The van der Waals surface area contributed by atoms with Gasteiger partial charge in [0.25, 0.3) is 0 Å². The van der Waals surface area contributed by atoms with E-state index < -0.39 is 0 Å². The summed E-state index contributed by atoms with van der Waals surface area (Å²) in [5.74, 6) is 1.08. The third kappa shape index (κ3) is 4.68. The normalized spacial score (nSPS) is 12.3. The molecule has 0 aliphatic heterocycles. The van der Waals surface area contributed by atoms with Gasteiger partial charge in [0.2, 0.25) is 0 Å². The molecule has 0 saturated heterocycles. The third-order valence-electron chi connectivity index (χ3n) is 2.94. The van der Waals surface area contributed by atoms with Crippen LogP contribution in [0.25, 0.3) is 0 Å². The predicted octanol–water partition coefficient (Wildman–Crippen LogP) is 4.89. The molecule has 2 aromatic carbocycles. The highest BCUT2D eigenvalue weighted by Gasteiger charge is 2.07. The van der Waals surface area contributed by atoms with Crippen LogP contribution in [0.2, 0.25) is 0 Å². The van der Waals surface area contributed by atoms with Crippen molar-refractivity contribution < 1.29 is 0 Å². The van der Waals surface area contributed by atoms with E-state index in [9.17, 15) is 0 Å². The zero-order valence-electron chi connectivity index (χ0n) is 11.0. The fourth-order valence-corrected chi connectivity index (χ4v) is 3.33. The number of benzene rings is 2. The van der Waals surface area contributed by atoms with Crippen LogP contribution < -0.4 is 5.32 Å². The molecule has 0 bridgehead atoms. The molecule has 0 aliphatic carbocycles. The number of hydrogen-bond donors (Lipinski definition) is 1. The van der Waals surface area contributed by atoms with Gasteiger partial charge in [-0.25, -0.2) is 0 Å². The highest BCUT2D eigenvalue weighted by Crippen LogP contribution is 2.23. The average molecular weight is 336 g/mol. The fraction of sp³-hybridized carbons (Fsp3) is 0.250. The second kappa shape index (κ2) is 7.73. The molecule has 100 valence electrons. The molecule has 0 heterocycles. The lowest BCUT2D eigenvalue weighted by Gasteiger charge is -2.15. The Kier molecular flexibility index (Phi) is 5.95. The van der Waals surface area contributed by atoms with Crippen LogP contribution in [0.1, 0.15) is 18.5 Å². The van der Waals surface area contributed by atoms with Gasteiger partial charge >= 0.3 is 0 Å². The summed E-state index contributed by atoms with van der Waals surface area (Å²) in [4.78, 5) is 1.33. The van der Waals surface area contributed by atoms with Gasteiger partial charge in [-0.1, -0.05) is 52.3 Å². The first-order chi connectivity index (χ1) is 9.27. The minimum Gasteiger partial charge on any atom is -0.309 e. The molecule has 0 fully saturated rings. The first kappa shape index (κ1) is 14.6. The standard InChI is InChI=1S/C16H18BrNS/c1-13(15-9-5-6-10-16(15)17)18-11-12-19-14-7-3-2-4-8-14/h2-10,13,18H,11-12H2,1H3/t13-/m1/s1. The van der Waals surface area contributed by atoms with Crippen LogP contribution in [0.15, 0.2) is 64.0 Å². The number of rotatable bonds is 6. The zero-order valence-corrected chi connectivity index (χ0v) is 13.4. The molecule has 1 N–H and O–H groups in total. The third-order valence-corrected chi connectivity index (χ3v) is 4.67. The van der Waals surface area contributed by atoms with Gasteiger partial charge in [0.05, 0.1) is 0 Å². The quantitative estimate of drug-likeness (QED) is 0.595. The molecule has 19 heavy (non-hydrogen) atoms. The van der Waals surface area contributed by atoms with Crippen LogP contribution in [-0.2, 0) is 0 Å². The lowest BCUT2D eigenvalue weighted by atomic mass is 10.1. The van der Waals surface area contributed by atoms with E-state index in [0.29, 0.717) is 6.04 Å². The van der Waals surface area contributed by atoms with E-state index in [1.54, 1.807) is 0 Å². The van der Waals surface area contributed by atoms with Crippen LogP contribution >= 0.6 is 27.7 Å². The molecule has 0 aliphatic rings. The van der Waals surface area contributed by atoms with E-state index in [-0.39, 0.29) is 0 Å². The highest BCUT2D eigenvalue weighted by atomic mass is 79.9. The van der Waals surface area contributed by atoms with Crippen LogP contribution in [0, 0.1) is 0 Å². The van der Waals surface area contributed by atoms with E-state index in [2.05, 4.69) is 76.7 Å². The number of hydrogen-bond acceptors (Lipinski definition) is 2. The van der Waals surface area contributed by atoms with E-state index in [1.807, 2.05) is 17.8 Å². The van der Waals surface area contributed by atoms with Crippen molar-refractivity contribution in [1.82, 2.24) is 5.32 Å².